The highest BCUT2D eigenvalue weighted by Gasteiger charge is 2.14. The predicted molar refractivity (Wildman–Crippen MR) is 72.8 cm³/mol. The Hall–Kier alpha value is -1.82. The monoisotopic (exact) mass is 326 g/mol. The first-order valence-corrected chi connectivity index (χ1v) is 6.28. The van der Waals surface area contributed by atoms with Crippen molar-refractivity contribution in [3.63, 3.8) is 0 Å². The smallest absolute Gasteiger partial charge is 0.350 e. The van der Waals surface area contributed by atoms with Gasteiger partial charge in [-0.3, -0.25) is 0 Å². The van der Waals surface area contributed by atoms with Crippen molar-refractivity contribution in [3.05, 3.63) is 38.2 Å². The fourth-order valence-corrected chi connectivity index (χ4v) is 2.10. The van der Waals surface area contributed by atoms with Crippen LogP contribution in [0.25, 0.3) is 11.0 Å². The quantitative estimate of drug-likeness (QED) is 0.877. The summed E-state index contributed by atoms with van der Waals surface area (Å²) in [7, 11) is 0. The minimum absolute atomic E-state index is 0.388. The van der Waals surface area contributed by atoms with E-state index in [1.807, 2.05) is 0 Å². The summed E-state index contributed by atoms with van der Waals surface area (Å²) in [5.41, 5.74) is 1.32. The van der Waals surface area contributed by atoms with Crippen LogP contribution >= 0.6 is 15.9 Å². The second-order valence-corrected chi connectivity index (χ2v) is 4.87. The standard InChI is InChI=1S/C13H11BrO5/c1-6-8-3-4-9(18-5-10(15)16)7(2)12(8)19-13(17)11(6)14/h3-4H,5H2,1-2H3,(H,15,16). The normalized spacial score (nSPS) is 10.7. The topological polar surface area (TPSA) is 76.7 Å². The van der Waals surface area contributed by atoms with E-state index >= 15 is 0 Å². The highest BCUT2D eigenvalue weighted by atomic mass is 79.9. The predicted octanol–water partition coefficient (Wildman–Crippen LogP) is 2.64. The average Bonchev–Trinajstić information content (AvgIpc) is 2.36. The minimum Gasteiger partial charge on any atom is -0.481 e. The maximum Gasteiger partial charge on any atom is 0.350 e. The molecular formula is C13H11BrO5. The molecule has 19 heavy (non-hydrogen) atoms. The molecule has 0 amide bonds. The van der Waals surface area contributed by atoms with Gasteiger partial charge in [0.15, 0.2) is 6.61 Å². The molecule has 1 N–H and O–H groups in total. The van der Waals surface area contributed by atoms with Crippen molar-refractivity contribution in [2.45, 2.75) is 13.8 Å². The summed E-state index contributed by atoms with van der Waals surface area (Å²) < 4.78 is 10.8. The van der Waals surface area contributed by atoms with Gasteiger partial charge >= 0.3 is 11.6 Å². The number of benzene rings is 1. The van der Waals surface area contributed by atoms with Crippen molar-refractivity contribution >= 4 is 32.9 Å². The van der Waals surface area contributed by atoms with Gasteiger partial charge in [-0.25, -0.2) is 9.59 Å². The maximum absolute atomic E-state index is 11.6. The van der Waals surface area contributed by atoms with Crippen molar-refractivity contribution in [2.75, 3.05) is 6.61 Å². The zero-order chi connectivity index (χ0) is 14.2. The Labute approximate surface area is 116 Å². The summed E-state index contributed by atoms with van der Waals surface area (Å²) in [6.45, 7) is 3.09. The third-order valence-electron chi connectivity index (χ3n) is 2.81. The molecule has 0 atom stereocenters. The highest BCUT2D eigenvalue weighted by Crippen LogP contribution is 2.30. The molecule has 0 saturated carbocycles. The molecule has 0 spiro atoms. The molecule has 0 aliphatic heterocycles. The summed E-state index contributed by atoms with van der Waals surface area (Å²) in [4.78, 5) is 22.1. The van der Waals surface area contributed by atoms with Crippen LogP contribution in [0.5, 0.6) is 5.75 Å². The number of hydrogen-bond donors (Lipinski definition) is 1. The maximum atomic E-state index is 11.6. The van der Waals surface area contributed by atoms with E-state index in [-0.39, 0.29) is 0 Å². The lowest BCUT2D eigenvalue weighted by Gasteiger charge is -2.10. The number of ether oxygens (including phenoxy) is 1. The van der Waals surface area contributed by atoms with Gasteiger partial charge in [0.05, 0.1) is 0 Å². The third kappa shape index (κ3) is 2.49. The third-order valence-corrected chi connectivity index (χ3v) is 3.73. The summed E-state index contributed by atoms with van der Waals surface area (Å²) in [5.74, 6) is -0.673. The Morgan fingerprint density at radius 2 is 2.05 bits per heavy atom. The Balaban J connectivity index is 2.62. The molecule has 1 aromatic carbocycles. The Bertz CT molecular complexity index is 717. The van der Waals surface area contributed by atoms with E-state index in [4.69, 9.17) is 14.3 Å². The summed E-state index contributed by atoms with van der Waals surface area (Å²) in [6, 6.07) is 3.41. The zero-order valence-corrected chi connectivity index (χ0v) is 11.9. The summed E-state index contributed by atoms with van der Waals surface area (Å²) in [6.07, 6.45) is 0. The van der Waals surface area contributed by atoms with Crippen molar-refractivity contribution < 1.29 is 19.1 Å². The second kappa shape index (κ2) is 5.05. The van der Waals surface area contributed by atoms with Crippen LogP contribution in [0.1, 0.15) is 11.1 Å². The van der Waals surface area contributed by atoms with Gasteiger partial charge in [0, 0.05) is 10.9 Å². The van der Waals surface area contributed by atoms with Gasteiger partial charge in [-0.05, 0) is 47.5 Å². The van der Waals surface area contributed by atoms with Crippen LogP contribution in [0.4, 0.5) is 0 Å². The fourth-order valence-electron chi connectivity index (χ4n) is 1.81. The number of aliphatic carboxylic acids is 1. The SMILES string of the molecule is Cc1c(Br)c(=O)oc2c(C)c(OCC(=O)O)ccc12. The molecule has 0 saturated heterocycles. The molecule has 1 aromatic heterocycles. The van der Waals surface area contributed by atoms with Gasteiger partial charge < -0.3 is 14.3 Å². The molecule has 100 valence electrons. The summed E-state index contributed by atoms with van der Waals surface area (Å²) >= 11 is 3.18. The van der Waals surface area contributed by atoms with Gasteiger partial charge in [-0.15, -0.1) is 0 Å². The molecule has 0 fully saturated rings. The first-order valence-electron chi connectivity index (χ1n) is 5.49. The number of fused-ring (bicyclic) bond motifs is 1. The van der Waals surface area contributed by atoms with E-state index in [0.29, 0.717) is 21.4 Å². The molecule has 2 rings (SSSR count). The fraction of sp³-hybridized carbons (Fsp3) is 0.231. The number of rotatable bonds is 3. The van der Waals surface area contributed by atoms with E-state index < -0.39 is 18.2 Å². The van der Waals surface area contributed by atoms with Crippen LogP contribution in [0.3, 0.4) is 0 Å². The first-order chi connectivity index (χ1) is 8.91. The molecule has 2 aromatic rings. The number of hydrogen-bond acceptors (Lipinski definition) is 4. The summed E-state index contributed by atoms with van der Waals surface area (Å²) in [5, 5.41) is 9.38. The molecule has 0 aliphatic rings. The Kier molecular flexibility index (Phi) is 3.61. The molecule has 0 aliphatic carbocycles. The van der Waals surface area contributed by atoms with Crippen molar-refractivity contribution in [1.82, 2.24) is 0 Å². The molecule has 0 bridgehead atoms. The van der Waals surface area contributed by atoms with Crippen LogP contribution in [0, 0.1) is 13.8 Å². The minimum atomic E-state index is -1.06. The number of carbonyl (C=O) groups is 1. The van der Waals surface area contributed by atoms with E-state index in [2.05, 4.69) is 15.9 Å². The van der Waals surface area contributed by atoms with Crippen molar-refractivity contribution in [1.29, 1.82) is 0 Å². The van der Waals surface area contributed by atoms with E-state index in [0.717, 1.165) is 10.9 Å². The molecule has 0 unspecified atom stereocenters. The van der Waals surface area contributed by atoms with Gasteiger partial charge in [-0.1, -0.05) is 0 Å². The van der Waals surface area contributed by atoms with Gasteiger partial charge in [-0.2, -0.15) is 0 Å². The van der Waals surface area contributed by atoms with Crippen LogP contribution in [-0.2, 0) is 4.79 Å². The molecule has 1 heterocycles. The molecule has 5 nitrogen and oxygen atoms in total. The molecular weight excluding hydrogens is 316 g/mol. The van der Waals surface area contributed by atoms with Crippen molar-refractivity contribution in [3.8, 4) is 5.75 Å². The van der Waals surface area contributed by atoms with Crippen LogP contribution in [-0.4, -0.2) is 17.7 Å². The van der Waals surface area contributed by atoms with Crippen LogP contribution < -0.4 is 10.4 Å². The van der Waals surface area contributed by atoms with Gasteiger partial charge in [0.25, 0.3) is 0 Å². The Morgan fingerprint density at radius 3 is 2.68 bits per heavy atom. The number of carboxylic acid groups (broad SMARTS) is 1. The molecule has 6 heteroatoms. The van der Waals surface area contributed by atoms with Crippen molar-refractivity contribution in [2.24, 2.45) is 0 Å². The number of aryl methyl sites for hydroxylation is 2. The average molecular weight is 327 g/mol. The van der Waals surface area contributed by atoms with Crippen LogP contribution in [0.2, 0.25) is 0 Å². The van der Waals surface area contributed by atoms with E-state index in [9.17, 15) is 9.59 Å². The van der Waals surface area contributed by atoms with Crippen LogP contribution in [0.15, 0.2) is 25.8 Å². The number of halogens is 1. The number of carboxylic acids is 1. The largest absolute Gasteiger partial charge is 0.481 e. The lowest BCUT2D eigenvalue weighted by molar-refractivity contribution is -0.139. The Morgan fingerprint density at radius 1 is 1.37 bits per heavy atom. The highest BCUT2D eigenvalue weighted by molar-refractivity contribution is 9.10. The first kappa shape index (κ1) is 13.6. The van der Waals surface area contributed by atoms with Gasteiger partial charge in [0.2, 0.25) is 0 Å². The second-order valence-electron chi connectivity index (χ2n) is 4.08. The lowest BCUT2D eigenvalue weighted by atomic mass is 10.1. The van der Waals surface area contributed by atoms with Gasteiger partial charge in [0.1, 0.15) is 15.8 Å². The lowest BCUT2D eigenvalue weighted by Crippen LogP contribution is -2.10. The van der Waals surface area contributed by atoms with E-state index in [1.54, 1.807) is 26.0 Å². The zero-order valence-electron chi connectivity index (χ0n) is 10.3. The molecule has 0 radical (unpaired) electrons. The van der Waals surface area contributed by atoms with E-state index in [1.165, 1.54) is 0 Å².